The monoisotopic (exact) mass is 302 g/mol. The van der Waals surface area contributed by atoms with E-state index in [2.05, 4.69) is 5.92 Å². The van der Waals surface area contributed by atoms with Crippen molar-refractivity contribution in [2.45, 2.75) is 26.2 Å². The van der Waals surface area contributed by atoms with Crippen molar-refractivity contribution < 1.29 is 27.9 Å². The van der Waals surface area contributed by atoms with Crippen molar-refractivity contribution in [1.82, 2.24) is 0 Å². The lowest BCUT2D eigenvalue weighted by molar-refractivity contribution is -0.173. The Kier molecular flexibility index (Phi) is 5.17. The van der Waals surface area contributed by atoms with Crippen LogP contribution in [0, 0.1) is 23.7 Å². The number of carboxylic acids is 1. The number of rotatable bonds is 6. The van der Waals surface area contributed by atoms with Crippen LogP contribution in [0.2, 0.25) is 0 Å². The Balaban J connectivity index is 3.20. The first-order valence-corrected chi connectivity index (χ1v) is 8.16. The molecule has 0 aromatic carbocycles. The van der Waals surface area contributed by atoms with E-state index in [4.69, 9.17) is 11.2 Å². The van der Waals surface area contributed by atoms with Gasteiger partial charge in [0.2, 0.25) is 0 Å². The summed E-state index contributed by atoms with van der Waals surface area (Å²) in [4.78, 5) is 23.8. The maximum absolute atomic E-state index is 12.1. The summed E-state index contributed by atoms with van der Waals surface area (Å²) in [5.41, 5.74) is -1.87. The highest BCUT2D eigenvalue weighted by atomic mass is 32.2. The number of aliphatic carboxylic acids is 1. The summed E-state index contributed by atoms with van der Waals surface area (Å²) in [6.07, 6.45) is 5.24. The van der Waals surface area contributed by atoms with Crippen LogP contribution in [0.3, 0.4) is 0 Å². The molecule has 2 unspecified atom stereocenters. The van der Waals surface area contributed by atoms with Crippen LogP contribution in [-0.4, -0.2) is 43.6 Å². The van der Waals surface area contributed by atoms with Crippen molar-refractivity contribution in [3.05, 3.63) is 0 Å². The smallest absolute Gasteiger partial charge is 0.323 e. The van der Waals surface area contributed by atoms with E-state index >= 15 is 0 Å². The average Bonchev–Trinajstić information content (AvgIpc) is 2.71. The zero-order chi connectivity index (χ0) is 15.4. The van der Waals surface area contributed by atoms with E-state index in [0.29, 0.717) is 0 Å². The Morgan fingerprint density at radius 3 is 2.55 bits per heavy atom. The summed E-state index contributed by atoms with van der Waals surface area (Å²) in [5.74, 6) is -1.19. The lowest BCUT2D eigenvalue weighted by atomic mass is 9.71. The van der Waals surface area contributed by atoms with Crippen molar-refractivity contribution in [2.75, 3.05) is 18.1 Å². The first kappa shape index (κ1) is 16.5. The molecule has 1 N–H and O–H groups in total. The number of terminal acetylenes is 1. The van der Waals surface area contributed by atoms with Crippen LogP contribution in [-0.2, 0) is 24.2 Å². The fourth-order valence-corrected chi connectivity index (χ4v) is 4.43. The first-order valence-electron chi connectivity index (χ1n) is 6.34. The van der Waals surface area contributed by atoms with Gasteiger partial charge in [-0.25, -0.2) is 8.42 Å². The van der Waals surface area contributed by atoms with Crippen LogP contribution in [0.25, 0.3) is 0 Å². The number of carbonyl (C=O) groups excluding carboxylic acids is 1. The molecule has 0 bridgehead atoms. The van der Waals surface area contributed by atoms with Gasteiger partial charge in [-0.2, -0.15) is 0 Å². The third kappa shape index (κ3) is 3.12. The predicted molar refractivity (Wildman–Crippen MR) is 71.5 cm³/mol. The summed E-state index contributed by atoms with van der Waals surface area (Å²) in [7, 11) is -3.31. The zero-order valence-electron chi connectivity index (χ0n) is 11.3. The molecule has 0 aromatic rings. The second kappa shape index (κ2) is 6.27. The molecule has 0 aromatic heterocycles. The number of esters is 1. The minimum absolute atomic E-state index is 0.0311. The Morgan fingerprint density at radius 2 is 2.15 bits per heavy atom. The molecule has 1 rings (SSSR count). The van der Waals surface area contributed by atoms with Crippen LogP contribution in [0.1, 0.15) is 26.2 Å². The van der Waals surface area contributed by atoms with Gasteiger partial charge < -0.3 is 9.84 Å². The number of hydrogen-bond acceptors (Lipinski definition) is 5. The fourth-order valence-electron chi connectivity index (χ4n) is 2.55. The van der Waals surface area contributed by atoms with E-state index in [-0.39, 0.29) is 37.4 Å². The fraction of sp³-hybridized carbons (Fsp3) is 0.692. The Morgan fingerprint density at radius 1 is 1.50 bits per heavy atom. The molecule has 112 valence electrons. The van der Waals surface area contributed by atoms with Crippen molar-refractivity contribution in [3.63, 3.8) is 0 Å². The zero-order valence-corrected chi connectivity index (χ0v) is 12.1. The summed E-state index contributed by atoms with van der Waals surface area (Å²) < 4.78 is 28.0. The van der Waals surface area contributed by atoms with Gasteiger partial charge in [-0.05, 0) is 19.8 Å². The molecule has 0 saturated carbocycles. The maximum Gasteiger partial charge on any atom is 0.323 e. The molecule has 1 aliphatic rings. The molecule has 6 nitrogen and oxygen atoms in total. The highest BCUT2D eigenvalue weighted by Crippen LogP contribution is 2.41. The molecule has 0 aliphatic carbocycles. The Labute approximate surface area is 118 Å². The lowest BCUT2D eigenvalue weighted by Crippen LogP contribution is -2.47. The molecule has 2 atom stereocenters. The number of carbonyl (C=O) groups is 2. The van der Waals surface area contributed by atoms with E-state index in [1.165, 1.54) is 0 Å². The highest BCUT2D eigenvalue weighted by molar-refractivity contribution is 7.91. The summed E-state index contributed by atoms with van der Waals surface area (Å²) in [6, 6.07) is 0. The summed E-state index contributed by atoms with van der Waals surface area (Å²) in [6.45, 7) is 1.60. The van der Waals surface area contributed by atoms with Gasteiger partial charge in [-0.15, -0.1) is 12.3 Å². The van der Waals surface area contributed by atoms with Gasteiger partial charge in [-0.3, -0.25) is 9.59 Å². The van der Waals surface area contributed by atoms with Crippen LogP contribution < -0.4 is 0 Å². The van der Waals surface area contributed by atoms with Crippen molar-refractivity contribution >= 4 is 21.8 Å². The normalized spacial score (nSPS) is 23.5. The van der Waals surface area contributed by atoms with Crippen molar-refractivity contribution in [3.8, 4) is 12.3 Å². The number of ether oxygens (including phenoxy) is 1. The van der Waals surface area contributed by atoms with Gasteiger partial charge >= 0.3 is 11.9 Å². The molecular formula is C13H18O6S. The van der Waals surface area contributed by atoms with Crippen molar-refractivity contribution in [1.29, 1.82) is 0 Å². The van der Waals surface area contributed by atoms with E-state index in [1.54, 1.807) is 6.92 Å². The predicted octanol–water partition coefficient (Wildman–Crippen LogP) is 0.469. The topological polar surface area (TPSA) is 97.7 Å². The molecule has 20 heavy (non-hydrogen) atoms. The molecule has 0 radical (unpaired) electrons. The minimum Gasteiger partial charge on any atom is -0.480 e. The molecule has 7 heteroatoms. The quantitative estimate of drug-likeness (QED) is 0.435. The third-order valence-electron chi connectivity index (χ3n) is 3.61. The van der Waals surface area contributed by atoms with Gasteiger partial charge in [0.1, 0.15) is 0 Å². The Hall–Kier alpha value is -1.55. The largest absolute Gasteiger partial charge is 0.480 e. The standard InChI is InChI=1S/C13H18O6S/c1-3-5-7-13(11(14)15,12(16)19-4-2)10-6-8-20(17,18)9-10/h1,10H,4-9H2,2H3,(H,14,15). The van der Waals surface area contributed by atoms with Crippen molar-refractivity contribution in [2.24, 2.45) is 11.3 Å². The van der Waals surface area contributed by atoms with Gasteiger partial charge in [-0.1, -0.05) is 0 Å². The highest BCUT2D eigenvalue weighted by Gasteiger charge is 2.56. The molecule has 1 aliphatic heterocycles. The summed E-state index contributed by atoms with van der Waals surface area (Å²) >= 11 is 0. The first-order chi connectivity index (χ1) is 9.30. The van der Waals surface area contributed by atoms with E-state index in [0.717, 1.165) is 0 Å². The number of hydrogen-bond donors (Lipinski definition) is 1. The SMILES string of the molecule is C#CCCC(C(=O)O)(C(=O)OCC)C1CCS(=O)(=O)C1. The molecule has 0 amide bonds. The maximum atomic E-state index is 12.1. The van der Waals surface area contributed by atoms with Gasteiger partial charge in [0, 0.05) is 12.3 Å². The molecular weight excluding hydrogens is 284 g/mol. The van der Waals surface area contributed by atoms with E-state index in [9.17, 15) is 23.1 Å². The molecule has 0 spiro atoms. The average molecular weight is 302 g/mol. The molecule has 1 heterocycles. The minimum atomic E-state index is -3.31. The van der Waals surface area contributed by atoms with Crippen LogP contribution >= 0.6 is 0 Å². The number of sulfone groups is 1. The molecule has 1 saturated heterocycles. The van der Waals surface area contributed by atoms with E-state index in [1.807, 2.05) is 0 Å². The van der Waals surface area contributed by atoms with Gasteiger partial charge in [0.25, 0.3) is 0 Å². The van der Waals surface area contributed by atoms with Gasteiger partial charge in [0.05, 0.1) is 18.1 Å². The van der Waals surface area contributed by atoms with Gasteiger partial charge in [0.15, 0.2) is 15.3 Å². The van der Waals surface area contributed by atoms with Crippen LogP contribution in [0.5, 0.6) is 0 Å². The third-order valence-corrected chi connectivity index (χ3v) is 5.38. The van der Waals surface area contributed by atoms with Crippen LogP contribution in [0.15, 0.2) is 0 Å². The number of carboxylic acid groups (broad SMARTS) is 1. The second-order valence-electron chi connectivity index (χ2n) is 4.80. The molecule has 1 fully saturated rings. The van der Waals surface area contributed by atoms with Crippen LogP contribution in [0.4, 0.5) is 0 Å². The van der Waals surface area contributed by atoms with E-state index < -0.39 is 33.1 Å². The Bertz CT molecular complexity index is 530. The lowest BCUT2D eigenvalue weighted by Gasteiger charge is -2.31. The second-order valence-corrected chi connectivity index (χ2v) is 7.03. The summed E-state index contributed by atoms with van der Waals surface area (Å²) in [5, 5.41) is 9.51.